The minimum absolute atomic E-state index is 0.0928. The molecule has 202 valence electrons. The number of epoxide rings is 1. The van der Waals surface area contributed by atoms with Gasteiger partial charge in [-0.1, -0.05) is 42.5 Å². The number of carbonyl (C=O) groups is 4. The highest BCUT2D eigenvalue weighted by Crippen LogP contribution is 2.29. The first kappa shape index (κ1) is 27.3. The van der Waals surface area contributed by atoms with E-state index >= 15 is 0 Å². The van der Waals surface area contributed by atoms with Crippen LogP contribution >= 0.6 is 0 Å². The maximum absolute atomic E-state index is 13.6. The number of ether oxygens (including phenoxy) is 2. The number of nitrogens with one attached hydrogen (secondary N) is 3. The summed E-state index contributed by atoms with van der Waals surface area (Å²) in [6.45, 7) is 1.36. The van der Waals surface area contributed by atoms with Crippen LogP contribution in [0.4, 0.5) is 0 Å². The number of hydrogen-bond acceptors (Lipinski definition) is 7. The zero-order valence-electron chi connectivity index (χ0n) is 21.5. The lowest BCUT2D eigenvalue weighted by atomic mass is 9.93. The number of aliphatic hydroxyl groups excluding tert-OH is 1. The second kappa shape index (κ2) is 11.3. The van der Waals surface area contributed by atoms with E-state index in [2.05, 4.69) is 16.0 Å². The highest BCUT2D eigenvalue weighted by Gasteiger charge is 2.50. The molecule has 0 bridgehead atoms. The fourth-order valence-corrected chi connectivity index (χ4v) is 4.53. The third-order valence-electron chi connectivity index (χ3n) is 7.10. The monoisotopic (exact) mass is 523 g/mol. The summed E-state index contributed by atoms with van der Waals surface area (Å²) in [4.78, 5) is 52.0. The molecule has 10 heteroatoms. The van der Waals surface area contributed by atoms with Crippen molar-refractivity contribution in [2.75, 3.05) is 20.3 Å². The average molecular weight is 524 g/mol. The van der Waals surface area contributed by atoms with Crippen molar-refractivity contribution in [3.05, 3.63) is 65.7 Å². The summed E-state index contributed by atoms with van der Waals surface area (Å²) in [5.41, 5.74) is -0.872. The molecule has 0 aromatic heterocycles. The van der Waals surface area contributed by atoms with Gasteiger partial charge in [0.15, 0.2) is 5.78 Å². The van der Waals surface area contributed by atoms with Crippen molar-refractivity contribution in [3.63, 3.8) is 0 Å². The first-order chi connectivity index (χ1) is 18.2. The van der Waals surface area contributed by atoms with Gasteiger partial charge in [-0.2, -0.15) is 0 Å². The summed E-state index contributed by atoms with van der Waals surface area (Å²) in [6, 6.07) is 14.4. The highest BCUT2D eigenvalue weighted by molar-refractivity contribution is 6.00. The van der Waals surface area contributed by atoms with Gasteiger partial charge in [0.05, 0.1) is 26.4 Å². The second-order valence-electron chi connectivity index (χ2n) is 10.0. The Labute approximate surface area is 221 Å². The van der Waals surface area contributed by atoms with Gasteiger partial charge in [0.25, 0.3) is 0 Å². The quantitative estimate of drug-likeness (QED) is 0.296. The largest absolute Gasteiger partial charge is 0.497 e. The molecule has 2 heterocycles. The van der Waals surface area contributed by atoms with E-state index in [9.17, 15) is 24.3 Å². The lowest BCUT2D eigenvalue weighted by Gasteiger charge is -2.29. The lowest BCUT2D eigenvalue weighted by Crippen LogP contribution is -2.62. The molecule has 0 radical (unpaired) electrons. The van der Waals surface area contributed by atoms with Crippen LogP contribution < -0.4 is 20.7 Å². The van der Waals surface area contributed by atoms with Crippen LogP contribution in [0.3, 0.4) is 0 Å². The molecule has 2 fully saturated rings. The van der Waals surface area contributed by atoms with Gasteiger partial charge < -0.3 is 30.5 Å². The number of hydrogen-bond donors (Lipinski definition) is 4. The Morgan fingerprint density at radius 1 is 1.03 bits per heavy atom. The maximum Gasteiger partial charge on any atom is 0.248 e. The molecular formula is C28H33N3O7. The molecule has 0 spiro atoms. The molecule has 0 saturated carbocycles. The molecule has 2 aliphatic rings. The van der Waals surface area contributed by atoms with Gasteiger partial charge >= 0.3 is 0 Å². The van der Waals surface area contributed by atoms with Crippen LogP contribution in [0, 0.1) is 0 Å². The van der Waals surface area contributed by atoms with Gasteiger partial charge in [-0.05, 0) is 43.0 Å². The molecule has 4 atom stereocenters. The Balaban J connectivity index is 1.57. The number of ketones is 1. The van der Waals surface area contributed by atoms with Gasteiger partial charge in [0, 0.05) is 12.8 Å². The maximum atomic E-state index is 13.6. The summed E-state index contributed by atoms with van der Waals surface area (Å²) in [5, 5.41) is 18.0. The smallest absolute Gasteiger partial charge is 0.248 e. The third-order valence-corrected chi connectivity index (χ3v) is 7.10. The molecule has 2 aromatic rings. The molecule has 0 aliphatic carbocycles. The summed E-state index contributed by atoms with van der Waals surface area (Å²) >= 11 is 0. The molecule has 3 amide bonds. The first-order valence-corrected chi connectivity index (χ1v) is 12.6. The minimum atomic E-state index is -1.51. The van der Waals surface area contributed by atoms with Gasteiger partial charge in [0.2, 0.25) is 17.7 Å². The number of benzene rings is 2. The second-order valence-corrected chi connectivity index (χ2v) is 10.0. The van der Waals surface area contributed by atoms with Gasteiger partial charge in [-0.3, -0.25) is 19.2 Å². The van der Waals surface area contributed by atoms with Gasteiger partial charge in [-0.25, -0.2) is 0 Å². The molecule has 4 unspecified atom stereocenters. The fourth-order valence-electron chi connectivity index (χ4n) is 4.53. The Hall–Kier alpha value is -3.76. The molecule has 2 aliphatic heterocycles. The summed E-state index contributed by atoms with van der Waals surface area (Å²) in [6.07, 6.45) is 0.562. The zero-order valence-corrected chi connectivity index (χ0v) is 21.5. The number of carbonyl (C=O) groups excluding carboxylic acids is 4. The van der Waals surface area contributed by atoms with Crippen molar-refractivity contribution in [1.29, 1.82) is 0 Å². The number of rotatable bonds is 12. The van der Waals surface area contributed by atoms with Crippen LogP contribution in [0.25, 0.3) is 0 Å². The van der Waals surface area contributed by atoms with E-state index in [1.54, 1.807) is 38.3 Å². The molecule has 38 heavy (non-hydrogen) atoms. The van der Waals surface area contributed by atoms with E-state index in [1.165, 1.54) is 0 Å². The van der Waals surface area contributed by atoms with Crippen LogP contribution in [0.15, 0.2) is 54.6 Å². The van der Waals surface area contributed by atoms with Crippen molar-refractivity contribution >= 4 is 23.5 Å². The van der Waals surface area contributed by atoms with Crippen LogP contribution in [0.2, 0.25) is 0 Å². The van der Waals surface area contributed by atoms with Crippen LogP contribution in [0.5, 0.6) is 5.75 Å². The van der Waals surface area contributed by atoms with E-state index in [0.29, 0.717) is 5.75 Å². The van der Waals surface area contributed by atoms with E-state index in [-0.39, 0.29) is 44.0 Å². The van der Waals surface area contributed by atoms with Gasteiger partial charge in [-0.15, -0.1) is 0 Å². The normalized spacial score (nSPS) is 23.6. The van der Waals surface area contributed by atoms with E-state index < -0.39 is 41.6 Å². The van der Waals surface area contributed by atoms with Crippen molar-refractivity contribution in [2.45, 2.75) is 55.8 Å². The number of aliphatic hydroxyl groups is 1. The van der Waals surface area contributed by atoms with Gasteiger partial charge in [0.1, 0.15) is 22.9 Å². The Bertz CT molecular complexity index is 1180. The standard InChI is InChI=1S/C28H33N3O7/c1-27(17-38-27)24(34)21(14-18-6-4-3-5-7-18)29-25(35)22(15-19-8-10-20(37-2)11-9-19)30-26(36)28(16-32)13-12-23(33)31-28/h3-11,21-22,32H,12-17H2,1-2H3,(H,29,35)(H,30,36)(H,31,33). The summed E-state index contributed by atoms with van der Waals surface area (Å²) < 4.78 is 10.6. The summed E-state index contributed by atoms with van der Waals surface area (Å²) in [5.74, 6) is -1.19. The van der Waals surface area contributed by atoms with Crippen LogP contribution in [0.1, 0.15) is 30.9 Å². The molecular weight excluding hydrogens is 490 g/mol. The Morgan fingerprint density at radius 3 is 2.21 bits per heavy atom. The predicted octanol–water partition coefficient (Wildman–Crippen LogP) is 0.449. The Kier molecular flexibility index (Phi) is 8.13. The lowest BCUT2D eigenvalue weighted by molar-refractivity contribution is -0.136. The van der Waals surface area contributed by atoms with Crippen LogP contribution in [-0.2, 0) is 36.8 Å². The minimum Gasteiger partial charge on any atom is -0.497 e. The van der Waals surface area contributed by atoms with Crippen LogP contribution in [-0.4, -0.2) is 72.2 Å². The van der Waals surface area contributed by atoms with Crippen molar-refractivity contribution in [3.8, 4) is 5.75 Å². The van der Waals surface area contributed by atoms with Crippen molar-refractivity contribution in [1.82, 2.24) is 16.0 Å². The zero-order chi connectivity index (χ0) is 27.3. The first-order valence-electron chi connectivity index (χ1n) is 12.6. The molecule has 2 aromatic carbocycles. The van der Waals surface area contributed by atoms with E-state index in [0.717, 1.165) is 11.1 Å². The Morgan fingerprint density at radius 2 is 1.66 bits per heavy atom. The predicted molar refractivity (Wildman–Crippen MR) is 137 cm³/mol. The summed E-state index contributed by atoms with van der Waals surface area (Å²) in [7, 11) is 1.55. The third kappa shape index (κ3) is 6.20. The number of methoxy groups -OCH3 is 1. The number of amides is 3. The average Bonchev–Trinajstić information content (AvgIpc) is 3.56. The van der Waals surface area contributed by atoms with Crippen molar-refractivity contribution in [2.24, 2.45) is 0 Å². The molecule has 10 nitrogen and oxygen atoms in total. The topological polar surface area (TPSA) is 146 Å². The highest BCUT2D eigenvalue weighted by atomic mass is 16.6. The van der Waals surface area contributed by atoms with E-state index in [1.807, 2.05) is 30.3 Å². The molecule has 2 saturated heterocycles. The molecule has 4 rings (SSSR count). The molecule has 4 N–H and O–H groups in total. The SMILES string of the molecule is COc1ccc(CC(NC(=O)C2(CO)CCC(=O)N2)C(=O)NC(Cc2ccccc2)C(=O)C2(C)CO2)cc1. The van der Waals surface area contributed by atoms with E-state index in [4.69, 9.17) is 9.47 Å². The van der Waals surface area contributed by atoms with Crippen molar-refractivity contribution < 1.29 is 33.8 Å². The number of Topliss-reactive ketones (excluding diaryl/α,β-unsaturated/α-hetero) is 1. The fraction of sp³-hybridized carbons (Fsp3) is 0.429.